The molecule has 0 spiro atoms. The summed E-state index contributed by atoms with van der Waals surface area (Å²) in [6, 6.07) is 23.3. The molecule has 0 saturated heterocycles. The summed E-state index contributed by atoms with van der Waals surface area (Å²) in [6.45, 7) is 1.67. The summed E-state index contributed by atoms with van der Waals surface area (Å²) in [4.78, 5) is 37.5. The zero-order valence-electron chi connectivity index (χ0n) is 23.5. The number of halogens is 2. The van der Waals surface area contributed by atoms with E-state index in [1.54, 1.807) is 6.92 Å². The first-order chi connectivity index (χ1) is 20.8. The van der Waals surface area contributed by atoms with Crippen LogP contribution in [0.5, 0.6) is 0 Å². The number of urea groups is 1. The maximum atomic E-state index is 15.0. The molecule has 0 saturated carbocycles. The normalized spacial score (nSPS) is 11.7. The van der Waals surface area contributed by atoms with Crippen LogP contribution in [0.15, 0.2) is 84.9 Å². The molecule has 2 N–H and O–H groups in total. The lowest BCUT2D eigenvalue weighted by atomic mass is 9.98. The minimum atomic E-state index is -0.881. The van der Waals surface area contributed by atoms with Crippen molar-refractivity contribution in [3.8, 4) is 22.3 Å². The number of benzene rings is 4. The van der Waals surface area contributed by atoms with Gasteiger partial charge in [-0.15, -0.1) is 0 Å². The number of hydrogen-bond acceptors (Lipinski definition) is 5. The smallest absolute Gasteiger partial charge is 0.426 e. The molecular weight excluding hydrogens is 556 g/mol. The third kappa shape index (κ3) is 6.04. The van der Waals surface area contributed by atoms with E-state index in [0.717, 1.165) is 46.5 Å². The van der Waals surface area contributed by atoms with Crippen molar-refractivity contribution in [1.82, 2.24) is 15.8 Å². The lowest BCUT2D eigenvalue weighted by molar-refractivity contribution is 0.0596. The van der Waals surface area contributed by atoms with Gasteiger partial charge < -0.3 is 14.8 Å². The van der Waals surface area contributed by atoms with Gasteiger partial charge in [0.05, 0.1) is 7.11 Å². The number of nitrogens with one attached hydrogen (secondary N) is 2. The predicted molar refractivity (Wildman–Crippen MR) is 156 cm³/mol. The highest BCUT2D eigenvalue weighted by Crippen LogP contribution is 2.44. The third-order valence-electron chi connectivity index (χ3n) is 7.33. The molecule has 3 amide bonds. The highest BCUT2D eigenvalue weighted by atomic mass is 19.1. The van der Waals surface area contributed by atoms with Crippen molar-refractivity contribution >= 4 is 18.1 Å². The van der Waals surface area contributed by atoms with E-state index in [2.05, 4.69) is 15.5 Å². The lowest BCUT2D eigenvalue weighted by Crippen LogP contribution is -2.50. The minimum Gasteiger partial charge on any atom is -0.465 e. The second kappa shape index (κ2) is 12.7. The summed E-state index contributed by atoms with van der Waals surface area (Å²) >= 11 is 0. The largest absolute Gasteiger partial charge is 0.465 e. The van der Waals surface area contributed by atoms with Gasteiger partial charge in [-0.05, 0) is 52.4 Å². The Labute approximate surface area is 247 Å². The number of ether oxygens (including phenoxy) is 2. The van der Waals surface area contributed by atoms with Crippen LogP contribution in [0.25, 0.3) is 22.3 Å². The Morgan fingerprint density at radius 1 is 0.837 bits per heavy atom. The fourth-order valence-corrected chi connectivity index (χ4v) is 5.21. The molecule has 1 aliphatic rings. The molecule has 0 bridgehead atoms. The Kier molecular flexibility index (Phi) is 8.66. The zero-order valence-corrected chi connectivity index (χ0v) is 23.5. The van der Waals surface area contributed by atoms with E-state index < -0.39 is 29.7 Å². The Hall–Kier alpha value is -5.25. The summed E-state index contributed by atoms with van der Waals surface area (Å²) < 4.78 is 39.5. The first kappa shape index (κ1) is 29.2. The number of amides is 3. The van der Waals surface area contributed by atoms with E-state index >= 15 is 0 Å². The molecule has 0 atom stereocenters. The van der Waals surface area contributed by atoms with Crippen LogP contribution in [-0.2, 0) is 16.0 Å². The van der Waals surface area contributed by atoms with E-state index in [1.807, 2.05) is 48.5 Å². The van der Waals surface area contributed by atoms with Gasteiger partial charge in [-0.2, -0.15) is 0 Å². The molecule has 4 aromatic carbocycles. The first-order valence-corrected chi connectivity index (χ1v) is 13.6. The second-order valence-electron chi connectivity index (χ2n) is 9.80. The summed E-state index contributed by atoms with van der Waals surface area (Å²) in [5.74, 6) is -2.48. The quantitative estimate of drug-likeness (QED) is 0.193. The monoisotopic (exact) mass is 585 g/mol. The summed E-state index contributed by atoms with van der Waals surface area (Å²) in [5.41, 5.74) is 7.04. The Bertz CT molecular complexity index is 1650. The van der Waals surface area contributed by atoms with Crippen molar-refractivity contribution in [2.75, 3.05) is 20.3 Å². The van der Waals surface area contributed by atoms with E-state index in [-0.39, 0.29) is 47.9 Å². The zero-order chi connectivity index (χ0) is 30.5. The van der Waals surface area contributed by atoms with Crippen LogP contribution in [0.1, 0.15) is 39.9 Å². The van der Waals surface area contributed by atoms with Gasteiger partial charge >= 0.3 is 18.1 Å². The molecule has 0 heterocycles. The summed E-state index contributed by atoms with van der Waals surface area (Å²) in [5, 5.41) is 3.60. The van der Waals surface area contributed by atoms with Crippen LogP contribution in [0, 0.1) is 11.6 Å². The number of nitrogens with zero attached hydrogens (tertiary/aromatic N) is 1. The first-order valence-electron chi connectivity index (χ1n) is 13.6. The van der Waals surface area contributed by atoms with Crippen molar-refractivity contribution in [2.24, 2.45) is 0 Å². The molecule has 0 unspecified atom stereocenters. The number of hydrogen-bond donors (Lipinski definition) is 2. The highest BCUT2D eigenvalue weighted by molar-refractivity contribution is 5.97. The van der Waals surface area contributed by atoms with Crippen molar-refractivity contribution < 1.29 is 32.6 Å². The van der Waals surface area contributed by atoms with Crippen LogP contribution in [0.4, 0.5) is 18.4 Å². The number of rotatable bonds is 7. The molecule has 43 heavy (non-hydrogen) atoms. The fraction of sp³-hybridized carbons (Fsp3) is 0.182. The summed E-state index contributed by atoms with van der Waals surface area (Å²) in [7, 11) is 1.13. The highest BCUT2D eigenvalue weighted by Gasteiger charge is 2.29. The molecule has 0 radical (unpaired) electrons. The van der Waals surface area contributed by atoms with Gasteiger partial charge in [-0.1, -0.05) is 72.8 Å². The molecule has 0 aromatic heterocycles. The van der Waals surface area contributed by atoms with E-state index in [0.29, 0.717) is 0 Å². The Morgan fingerprint density at radius 2 is 1.49 bits per heavy atom. The van der Waals surface area contributed by atoms with Crippen LogP contribution in [-0.4, -0.2) is 43.4 Å². The number of carbonyl (C=O) groups excluding carboxylic acids is 3. The molecule has 4 aromatic rings. The maximum Gasteiger partial charge on any atom is 0.426 e. The van der Waals surface area contributed by atoms with Crippen molar-refractivity contribution in [2.45, 2.75) is 19.4 Å². The third-order valence-corrected chi connectivity index (χ3v) is 7.33. The molecule has 0 aliphatic heterocycles. The van der Waals surface area contributed by atoms with Gasteiger partial charge in [-0.25, -0.2) is 33.6 Å². The number of methoxy groups -OCH3 is 1. The van der Waals surface area contributed by atoms with Gasteiger partial charge in [0.25, 0.3) is 0 Å². The van der Waals surface area contributed by atoms with Crippen molar-refractivity contribution in [1.29, 1.82) is 0 Å². The van der Waals surface area contributed by atoms with Gasteiger partial charge in [0.2, 0.25) is 0 Å². The van der Waals surface area contributed by atoms with Crippen LogP contribution in [0.2, 0.25) is 0 Å². The van der Waals surface area contributed by atoms with Gasteiger partial charge in [0, 0.05) is 24.6 Å². The SMILES string of the molecule is CCN(NC(=O)OCC1c2ccccc2-c2ccccc21)C(=O)NCc1ccc(-c2cccc(F)c2C(=O)OC)cc1F. The van der Waals surface area contributed by atoms with Crippen LogP contribution >= 0.6 is 0 Å². The maximum absolute atomic E-state index is 15.0. The molecule has 10 heteroatoms. The number of fused-ring (bicyclic) bond motifs is 3. The van der Waals surface area contributed by atoms with Crippen LogP contribution < -0.4 is 10.7 Å². The van der Waals surface area contributed by atoms with Gasteiger partial charge in [0.15, 0.2) is 0 Å². The van der Waals surface area contributed by atoms with Gasteiger partial charge in [-0.3, -0.25) is 0 Å². The van der Waals surface area contributed by atoms with Crippen molar-refractivity contribution in [3.63, 3.8) is 0 Å². The predicted octanol–water partition coefficient (Wildman–Crippen LogP) is 6.40. The van der Waals surface area contributed by atoms with E-state index in [4.69, 9.17) is 4.74 Å². The standard InChI is InChI=1S/C33H29F2N3O5/c1-3-38(37-33(41)43-19-27-25-11-6-4-9-23(25)24-10-5-7-12-26(24)27)32(40)36-18-21-16-15-20(17-29(21)35)22-13-8-14-28(34)30(22)31(39)42-2/h4-17,27H,3,18-19H2,1-2H3,(H,36,40)(H,37,41). The van der Waals surface area contributed by atoms with Gasteiger partial charge in [0.1, 0.15) is 23.8 Å². The fourth-order valence-electron chi connectivity index (χ4n) is 5.21. The van der Waals surface area contributed by atoms with E-state index in [1.165, 1.54) is 24.3 Å². The van der Waals surface area contributed by atoms with E-state index in [9.17, 15) is 23.2 Å². The lowest BCUT2D eigenvalue weighted by Gasteiger charge is -2.22. The van der Waals surface area contributed by atoms with Crippen molar-refractivity contribution in [3.05, 3.63) is 119 Å². The Morgan fingerprint density at radius 3 is 2.12 bits per heavy atom. The van der Waals surface area contributed by atoms with Crippen LogP contribution in [0.3, 0.4) is 0 Å². The number of carbonyl (C=O) groups is 3. The Balaban J connectivity index is 1.19. The average Bonchev–Trinajstić information content (AvgIpc) is 3.34. The topological polar surface area (TPSA) is 97.0 Å². The molecular formula is C33H29F2N3O5. The summed E-state index contributed by atoms with van der Waals surface area (Å²) in [6.07, 6.45) is -0.800. The molecule has 220 valence electrons. The number of esters is 1. The average molecular weight is 586 g/mol. The molecule has 5 rings (SSSR count). The number of hydrazine groups is 1. The minimum absolute atomic E-state index is 0.0829. The second-order valence-corrected chi connectivity index (χ2v) is 9.80. The molecule has 8 nitrogen and oxygen atoms in total. The molecule has 1 aliphatic carbocycles. The molecule has 0 fully saturated rings.